The van der Waals surface area contributed by atoms with Crippen LogP contribution in [0.1, 0.15) is 24.0 Å². The van der Waals surface area contributed by atoms with Crippen molar-refractivity contribution >= 4 is 22.9 Å². The zero-order valence-corrected chi connectivity index (χ0v) is 11.3. The summed E-state index contributed by atoms with van der Waals surface area (Å²) in [5.41, 5.74) is 9.47. The van der Waals surface area contributed by atoms with Gasteiger partial charge in [-0.25, -0.2) is 0 Å². The summed E-state index contributed by atoms with van der Waals surface area (Å²) in [5, 5.41) is 3.30. The maximum Gasteiger partial charge on any atom is 0.163 e. The van der Waals surface area contributed by atoms with Gasteiger partial charge < -0.3 is 15.8 Å². The van der Waals surface area contributed by atoms with Crippen LogP contribution in [0.25, 0.3) is 5.57 Å². The zero-order valence-electron chi connectivity index (χ0n) is 10.5. The number of fused-ring (bicyclic) bond motifs is 1. The molecule has 0 saturated carbocycles. The molecule has 0 fully saturated rings. The van der Waals surface area contributed by atoms with Crippen molar-refractivity contribution in [3.63, 3.8) is 0 Å². The van der Waals surface area contributed by atoms with Crippen molar-refractivity contribution < 1.29 is 4.74 Å². The third kappa shape index (κ3) is 3.01. The molecule has 0 aliphatic heterocycles. The van der Waals surface area contributed by atoms with E-state index >= 15 is 0 Å². The molecule has 0 radical (unpaired) electrons. The number of hydrogen-bond donors (Lipinski definition) is 2. The van der Waals surface area contributed by atoms with Gasteiger partial charge in [-0.1, -0.05) is 12.1 Å². The topological polar surface area (TPSA) is 47.3 Å². The standard InChI is InChI=1S/C14H18N2OS/c1-17-12-5-6-13-10(7-8-16-14(15)18)3-2-4-11(13)9-12/h5-7,9H,2-4,8H2,1H3,(H3,15,16,18). The van der Waals surface area contributed by atoms with Crippen molar-refractivity contribution in [3.05, 3.63) is 35.4 Å². The van der Waals surface area contributed by atoms with Crippen LogP contribution < -0.4 is 15.8 Å². The second kappa shape index (κ2) is 5.87. The molecule has 1 aliphatic carbocycles. The SMILES string of the molecule is COc1ccc2c(c1)CCCC2=CCNC(N)=S. The molecule has 2 rings (SSSR count). The number of nitrogens with one attached hydrogen (secondary N) is 1. The quantitative estimate of drug-likeness (QED) is 0.820. The smallest absolute Gasteiger partial charge is 0.163 e. The first kappa shape index (κ1) is 12.9. The van der Waals surface area contributed by atoms with Crippen molar-refractivity contribution in [1.29, 1.82) is 0 Å². The van der Waals surface area contributed by atoms with Crippen molar-refractivity contribution in [2.24, 2.45) is 5.73 Å². The number of aryl methyl sites for hydroxylation is 1. The van der Waals surface area contributed by atoms with E-state index in [1.807, 2.05) is 6.07 Å². The Bertz CT molecular complexity index is 483. The van der Waals surface area contributed by atoms with Crippen molar-refractivity contribution in [3.8, 4) is 5.75 Å². The van der Waals surface area contributed by atoms with Crippen molar-refractivity contribution in [2.45, 2.75) is 19.3 Å². The Balaban J connectivity index is 2.19. The van der Waals surface area contributed by atoms with E-state index in [9.17, 15) is 0 Å². The highest BCUT2D eigenvalue weighted by molar-refractivity contribution is 7.80. The van der Waals surface area contributed by atoms with Gasteiger partial charge in [-0.3, -0.25) is 0 Å². The highest BCUT2D eigenvalue weighted by Gasteiger charge is 2.14. The van der Waals surface area contributed by atoms with Crippen LogP contribution in [0.5, 0.6) is 5.75 Å². The summed E-state index contributed by atoms with van der Waals surface area (Å²) in [6.07, 6.45) is 5.58. The first-order chi connectivity index (χ1) is 8.70. The Hall–Kier alpha value is -1.55. The van der Waals surface area contributed by atoms with E-state index < -0.39 is 0 Å². The Morgan fingerprint density at radius 3 is 3.06 bits per heavy atom. The summed E-state index contributed by atoms with van der Waals surface area (Å²) in [4.78, 5) is 0. The number of nitrogens with two attached hydrogens (primary N) is 1. The molecular formula is C14H18N2OS. The lowest BCUT2D eigenvalue weighted by atomic mass is 9.87. The van der Waals surface area contributed by atoms with Crippen LogP contribution >= 0.6 is 12.2 Å². The van der Waals surface area contributed by atoms with E-state index in [4.69, 9.17) is 22.7 Å². The normalized spacial score (nSPS) is 16.2. The van der Waals surface area contributed by atoms with Gasteiger partial charge in [-0.2, -0.15) is 0 Å². The minimum atomic E-state index is 0.345. The summed E-state index contributed by atoms with van der Waals surface area (Å²) in [5.74, 6) is 0.927. The summed E-state index contributed by atoms with van der Waals surface area (Å²) in [6, 6.07) is 6.28. The molecule has 3 nitrogen and oxygen atoms in total. The van der Waals surface area contributed by atoms with Gasteiger partial charge in [0.15, 0.2) is 5.11 Å². The molecule has 96 valence electrons. The fourth-order valence-electron chi connectivity index (χ4n) is 2.31. The van der Waals surface area contributed by atoms with Crippen LogP contribution in [-0.2, 0) is 6.42 Å². The number of allylic oxidation sites excluding steroid dienone is 1. The van der Waals surface area contributed by atoms with Crippen LogP contribution in [0, 0.1) is 0 Å². The third-order valence-corrected chi connectivity index (χ3v) is 3.32. The van der Waals surface area contributed by atoms with E-state index in [2.05, 4.69) is 23.5 Å². The van der Waals surface area contributed by atoms with E-state index in [0.717, 1.165) is 18.6 Å². The average molecular weight is 262 g/mol. The first-order valence-electron chi connectivity index (χ1n) is 6.10. The first-order valence-corrected chi connectivity index (χ1v) is 6.51. The second-order valence-electron chi connectivity index (χ2n) is 4.35. The van der Waals surface area contributed by atoms with E-state index in [1.54, 1.807) is 7.11 Å². The predicted molar refractivity (Wildman–Crippen MR) is 78.7 cm³/mol. The van der Waals surface area contributed by atoms with Gasteiger partial charge in [-0.05, 0) is 60.3 Å². The molecule has 0 saturated heterocycles. The number of thiocarbonyl (C=S) groups is 1. The Kier molecular flexibility index (Phi) is 4.20. The summed E-state index contributed by atoms with van der Waals surface area (Å²) in [7, 11) is 1.70. The highest BCUT2D eigenvalue weighted by atomic mass is 32.1. The van der Waals surface area contributed by atoms with Gasteiger partial charge in [0.05, 0.1) is 7.11 Å². The summed E-state index contributed by atoms with van der Waals surface area (Å²) in [6.45, 7) is 0.691. The zero-order chi connectivity index (χ0) is 13.0. The van der Waals surface area contributed by atoms with Crippen molar-refractivity contribution in [2.75, 3.05) is 13.7 Å². The molecule has 0 aromatic heterocycles. The van der Waals surface area contributed by atoms with E-state index in [0.29, 0.717) is 11.7 Å². The van der Waals surface area contributed by atoms with Gasteiger partial charge in [0.2, 0.25) is 0 Å². The third-order valence-electron chi connectivity index (χ3n) is 3.18. The second-order valence-corrected chi connectivity index (χ2v) is 4.79. The molecule has 0 atom stereocenters. The maximum atomic E-state index is 5.42. The van der Waals surface area contributed by atoms with Gasteiger partial charge in [0, 0.05) is 6.54 Å². The largest absolute Gasteiger partial charge is 0.497 e. The highest BCUT2D eigenvalue weighted by Crippen LogP contribution is 2.32. The number of rotatable bonds is 3. The summed E-state index contributed by atoms with van der Waals surface area (Å²) < 4.78 is 5.26. The van der Waals surface area contributed by atoms with Crippen LogP contribution in [0.4, 0.5) is 0 Å². The minimum Gasteiger partial charge on any atom is -0.497 e. The molecule has 4 heteroatoms. The van der Waals surface area contributed by atoms with Crippen LogP contribution in [-0.4, -0.2) is 18.8 Å². The van der Waals surface area contributed by atoms with Crippen LogP contribution in [0.15, 0.2) is 24.3 Å². The number of hydrogen-bond acceptors (Lipinski definition) is 2. The van der Waals surface area contributed by atoms with Gasteiger partial charge in [0.1, 0.15) is 5.75 Å². The Morgan fingerprint density at radius 2 is 2.33 bits per heavy atom. The lowest BCUT2D eigenvalue weighted by molar-refractivity contribution is 0.414. The van der Waals surface area contributed by atoms with Crippen LogP contribution in [0.2, 0.25) is 0 Å². The molecule has 1 aromatic rings. The summed E-state index contributed by atoms with van der Waals surface area (Å²) >= 11 is 4.79. The predicted octanol–water partition coefficient (Wildman–Crippen LogP) is 2.25. The lowest BCUT2D eigenvalue weighted by Gasteiger charge is -2.20. The molecule has 1 aliphatic rings. The molecule has 0 amide bonds. The average Bonchev–Trinajstić information content (AvgIpc) is 2.38. The molecule has 0 heterocycles. The lowest BCUT2D eigenvalue weighted by Crippen LogP contribution is -2.29. The monoisotopic (exact) mass is 262 g/mol. The maximum absolute atomic E-state index is 5.42. The molecule has 0 unspecified atom stereocenters. The van der Waals surface area contributed by atoms with Crippen molar-refractivity contribution in [1.82, 2.24) is 5.32 Å². The van der Waals surface area contributed by atoms with Crippen LogP contribution in [0.3, 0.4) is 0 Å². The molecular weight excluding hydrogens is 244 g/mol. The fraction of sp³-hybridized carbons (Fsp3) is 0.357. The molecule has 0 spiro atoms. The number of ether oxygens (including phenoxy) is 1. The Morgan fingerprint density at radius 1 is 1.50 bits per heavy atom. The minimum absolute atomic E-state index is 0.345. The molecule has 0 bridgehead atoms. The Labute approximate surface area is 113 Å². The number of methoxy groups -OCH3 is 1. The number of benzene rings is 1. The van der Waals surface area contributed by atoms with Gasteiger partial charge in [0.25, 0.3) is 0 Å². The fourth-order valence-corrected chi connectivity index (χ4v) is 2.39. The van der Waals surface area contributed by atoms with E-state index in [1.165, 1.54) is 23.1 Å². The molecule has 3 N–H and O–H groups in total. The van der Waals surface area contributed by atoms with E-state index in [-0.39, 0.29) is 0 Å². The molecule has 1 aromatic carbocycles. The van der Waals surface area contributed by atoms with Gasteiger partial charge in [-0.15, -0.1) is 0 Å². The van der Waals surface area contributed by atoms with Gasteiger partial charge >= 0.3 is 0 Å². The molecule has 18 heavy (non-hydrogen) atoms.